The Labute approximate surface area is 202 Å². The van der Waals surface area contributed by atoms with Crippen LogP contribution in [0.15, 0.2) is 22.8 Å². The Hall–Kier alpha value is -1.09. The fourth-order valence-corrected chi connectivity index (χ4v) is 9.28. The van der Waals surface area contributed by atoms with Crippen molar-refractivity contribution in [3.8, 4) is 0 Å². The molecule has 2 saturated carbocycles. The molecule has 3 heteroatoms. The van der Waals surface area contributed by atoms with E-state index in [2.05, 4.69) is 54.5 Å². The molecule has 4 aliphatic rings. The van der Waals surface area contributed by atoms with Gasteiger partial charge in [-0.15, -0.1) is 0 Å². The monoisotopic (exact) mass is 456 g/mol. The summed E-state index contributed by atoms with van der Waals surface area (Å²) >= 11 is 0. The van der Waals surface area contributed by atoms with Gasteiger partial charge in [0.25, 0.3) is 6.47 Å². The van der Waals surface area contributed by atoms with Gasteiger partial charge in [0.15, 0.2) is 0 Å². The molecule has 0 aliphatic heterocycles. The second-order valence-corrected chi connectivity index (χ2v) is 13.4. The smallest absolute Gasteiger partial charge is 0.293 e. The predicted molar refractivity (Wildman–Crippen MR) is 135 cm³/mol. The topological polar surface area (TPSA) is 46.5 Å². The largest absolute Gasteiger partial charge is 0.464 e. The minimum atomic E-state index is -0.180. The first-order valence-electron chi connectivity index (χ1n) is 13.6. The molecule has 0 amide bonds. The fourth-order valence-electron chi connectivity index (χ4n) is 9.28. The molecule has 1 N–H and O–H groups in total. The van der Waals surface area contributed by atoms with Gasteiger partial charge in [-0.1, -0.05) is 57.4 Å². The van der Waals surface area contributed by atoms with Crippen molar-refractivity contribution in [3.63, 3.8) is 0 Å². The number of rotatable bonds is 6. The van der Waals surface area contributed by atoms with Gasteiger partial charge in [0, 0.05) is 5.92 Å². The van der Waals surface area contributed by atoms with Crippen molar-refractivity contribution in [2.45, 2.75) is 125 Å². The van der Waals surface area contributed by atoms with Crippen molar-refractivity contribution in [1.29, 1.82) is 0 Å². The first-order valence-corrected chi connectivity index (χ1v) is 13.6. The van der Waals surface area contributed by atoms with E-state index in [0.29, 0.717) is 18.3 Å². The van der Waals surface area contributed by atoms with Crippen LogP contribution < -0.4 is 0 Å². The maximum atomic E-state index is 11.5. The summed E-state index contributed by atoms with van der Waals surface area (Å²) in [5, 5.41) is 10.8. The Morgan fingerprint density at radius 1 is 1.03 bits per heavy atom. The van der Waals surface area contributed by atoms with E-state index >= 15 is 0 Å². The number of carbonyl (C=O) groups excluding carboxylic acids is 1. The van der Waals surface area contributed by atoms with Gasteiger partial charge in [-0.2, -0.15) is 0 Å². The molecule has 0 aromatic rings. The van der Waals surface area contributed by atoms with Crippen molar-refractivity contribution >= 4 is 6.47 Å². The zero-order chi connectivity index (χ0) is 24.2. The summed E-state index contributed by atoms with van der Waals surface area (Å²) < 4.78 is 5.79. The number of hydrogen-bond donors (Lipinski definition) is 1. The molecule has 4 aliphatic carbocycles. The van der Waals surface area contributed by atoms with E-state index in [1.54, 1.807) is 11.1 Å². The minimum Gasteiger partial charge on any atom is -0.464 e. The van der Waals surface area contributed by atoms with Crippen LogP contribution in [-0.4, -0.2) is 23.8 Å². The Morgan fingerprint density at radius 3 is 2.42 bits per heavy atom. The summed E-state index contributed by atoms with van der Waals surface area (Å²) in [7, 11) is 0. The van der Waals surface area contributed by atoms with Crippen LogP contribution in [-0.2, 0) is 9.53 Å². The summed E-state index contributed by atoms with van der Waals surface area (Å²) in [6.07, 6.45) is 13.2. The SMILES string of the molecule is CC(C)=CCC[C@@H](OC=O)[C@H]1CC[C@@]2(C)C3=C(CC[C@]12C)[C@@]1(C)CC[C@H](O)C(C)(C)C1CC3. The van der Waals surface area contributed by atoms with Gasteiger partial charge in [0.1, 0.15) is 6.10 Å². The highest BCUT2D eigenvalue weighted by molar-refractivity contribution is 5.40. The standard InChI is InChI=1S/C30H48O3/c1-20(2)9-8-10-24(33-19-31)23-14-18-29(6)22-11-12-25-27(3,4)26(32)15-16-28(25,5)21(22)13-17-30(23,29)7/h9,19,23-26,32H,8,10-18H2,1-7H3/t23-,24-,25?,26+,28-,29+,30-/m1/s1. The minimum absolute atomic E-state index is 0.0147. The Morgan fingerprint density at radius 2 is 1.76 bits per heavy atom. The quantitative estimate of drug-likeness (QED) is 0.335. The van der Waals surface area contributed by atoms with Crippen LogP contribution >= 0.6 is 0 Å². The molecule has 0 heterocycles. The Balaban J connectivity index is 1.67. The normalized spacial score (nSPS) is 42.6. The zero-order valence-corrected chi connectivity index (χ0v) is 22.3. The van der Waals surface area contributed by atoms with E-state index in [4.69, 9.17) is 4.74 Å². The number of carbonyl (C=O) groups is 1. The predicted octanol–water partition coefficient (Wildman–Crippen LogP) is 7.38. The molecule has 1 unspecified atom stereocenters. The molecule has 0 radical (unpaired) electrons. The van der Waals surface area contributed by atoms with Gasteiger partial charge in [0.2, 0.25) is 0 Å². The van der Waals surface area contributed by atoms with E-state index in [0.717, 1.165) is 32.1 Å². The number of aliphatic hydroxyl groups excluding tert-OH is 1. The van der Waals surface area contributed by atoms with E-state index < -0.39 is 0 Å². The van der Waals surface area contributed by atoms with E-state index in [1.807, 2.05) is 0 Å². The average Bonchev–Trinajstić information content (AvgIpc) is 3.02. The van der Waals surface area contributed by atoms with Gasteiger partial charge in [0.05, 0.1) is 6.10 Å². The van der Waals surface area contributed by atoms with Crippen LogP contribution in [0.25, 0.3) is 0 Å². The van der Waals surface area contributed by atoms with Gasteiger partial charge in [-0.3, -0.25) is 4.79 Å². The number of allylic oxidation sites excluding steroid dienone is 4. The summed E-state index contributed by atoms with van der Waals surface area (Å²) in [6.45, 7) is 17.2. The highest BCUT2D eigenvalue weighted by Gasteiger charge is 2.63. The fraction of sp³-hybridized carbons (Fsp3) is 0.833. The molecule has 0 saturated heterocycles. The van der Waals surface area contributed by atoms with Crippen molar-refractivity contribution in [2.24, 2.45) is 33.5 Å². The maximum absolute atomic E-state index is 11.5. The summed E-state index contributed by atoms with van der Waals surface area (Å²) in [4.78, 5) is 11.5. The number of ether oxygens (including phenoxy) is 1. The van der Waals surface area contributed by atoms with Crippen molar-refractivity contribution in [2.75, 3.05) is 0 Å². The second kappa shape index (κ2) is 8.54. The van der Waals surface area contributed by atoms with Gasteiger partial charge in [-0.25, -0.2) is 0 Å². The zero-order valence-electron chi connectivity index (χ0n) is 22.3. The first-order chi connectivity index (χ1) is 15.4. The Bertz CT molecular complexity index is 833. The molecule has 0 aromatic carbocycles. The van der Waals surface area contributed by atoms with Gasteiger partial charge in [-0.05, 0) is 106 Å². The summed E-state index contributed by atoms with van der Waals surface area (Å²) in [5.74, 6) is 0.996. The molecule has 0 spiro atoms. The third kappa shape index (κ3) is 3.67. The molecule has 33 heavy (non-hydrogen) atoms. The molecule has 0 aromatic heterocycles. The van der Waals surface area contributed by atoms with Crippen LogP contribution in [0.1, 0.15) is 113 Å². The molecular weight excluding hydrogens is 408 g/mol. The van der Waals surface area contributed by atoms with Crippen LogP contribution in [0.2, 0.25) is 0 Å². The molecule has 0 bridgehead atoms. The number of fused-ring (bicyclic) bond motifs is 4. The lowest BCUT2D eigenvalue weighted by molar-refractivity contribution is -0.140. The third-order valence-electron chi connectivity index (χ3n) is 11.5. The molecule has 186 valence electrons. The van der Waals surface area contributed by atoms with E-state index in [-0.39, 0.29) is 33.9 Å². The van der Waals surface area contributed by atoms with Gasteiger partial charge < -0.3 is 9.84 Å². The number of hydrogen-bond acceptors (Lipinski definition) is 3. The van der Waals surface area contributed by atoms with Crippen LogP contribution in [0, 0.1) is 33.5 Å². The van der Waals surface area contributed by atoms with Crippen molar-refractivity contribution < 1.29 is 14.6 Å². The molecule has 7 atom stereocenters. The number of aliphatic hydroxyl groups is 1. The first kappa shape index (κ1) is 25.0. The highest BCUT2D eigenvalue weighted by atomic mass is 16.5. The molecular formula is C30H48O3. The van der Waals surface area contributed by atoms with Crippen molar-refractivity contribution in [3.05, 3.63) is 22.8 Å². The highest BCUT2D eigenvalue weighted by Crippen LogP contribution is 2.72. The summed E-state index contributed by atoms with van der Waals surface area (Å²) in [6, 6.07) is 0. The van der Waals surface area contributed by atoms with Crippen LogP contribution in [0.3, 0.4) is 0 Å². The van der Waals surface area contributed by atoms with Crippen molar-refractivity contribution in [1.82, 2.24) is 0 Å². The lowest BCUT2D eigenvalue weighted by atomic mass is 9.43. The van der Waals surface area contributed by atoms with Crippen LogP contribution in [0.4, 0.5) is 0 Å². The lowest BCUT2D eigenvalue weighted by Gasteiger charge is -2.62. The third-order valence-corrected chi connectivity index (χ3v) is 11.5. The molecule has 2 fully saturated rings. The lowest BCUT2D eigenvalue weighted by Crippen LogP contribution is -2.55. The van der Waals surface area contributed by atoms with E-state index in [9.17, 15) is 9.90 Å². The molecule has 4 rings (SSSR count). The van der Waals surface area contributed by atoms with E-state index in [1.165, 1.54) is 37.7 Å². The summed E-state index contributed by atoms with van der Waals surface area (Å²) in [5.41, 5.74) is 5.41. The van der Waals surface area contributed by atoms with Gasteiger partial charge >= 0.3 is 0 Å². The average molecular weight is 457 g/mol. The maximum Gasteiger partial charge on any atom is 0.293 e. The van der Waals surface area contributed by atoms with Crippen LogP contribution in [0.5, 0.6) is 0 Å². The molecule has 3 nitrogen and oxygen atoms in total. The Kier molecular flexibility index (Phi) is 6.47. The second-order valence-electron chi connectivity index (χ2n) is 13.4.